The maximum Gasteiger partial charge on any atom is 0.337 e. The number of carbonyl (C=O) groups is 2. The smallest absolute Gasteiger partial charge is 0.337 e. The second-order valence-corrected chi connectivity index (χ2v) is 6.09. The van der Waals surface area contributed by atoms with Crippen molar-refractivity contribution in [1.29, 1.82) is 0 Å². The molecule has 130 valence electrons. The molecule has 1 amide bonds. The topological polar surface area (TPSA) is 58.6 Å². The predicted octanol–water partition coefficient (Wildman–Crippen LogP) is 3.72. The van der Waals surface area contributed by atoms with Crippen molar-refractivity contribution >= 4 is 23.3 Å². The zero-order valence-corrected chi connectivity index (χ0v) is 14.3. The van der Waals surface area contributed by atoms with E-state index in [-0.39, 0.29) is 5.91 Å². The summed E-state index contributed by atoms with van der Waals surface area (Å²) in [7, 11) is 1.33. The molecule has 1 N–H and O–H groups in total. The number of carbonyl (C=O) groups excluding carboxylic acids is 2. The van der Waals surface area contributed by atoms with Crippen LogP contribution in [0.15, 0.2) is 48.5 Å². The number of hydrogen-bond donors (Lipinski definition) is 1. The number of benzene rings is 2. The molecule has 25 heavy (non-hydrogen) atoms. The Morgan fingerprint density at radius 1 is 0.920 bits per heavy atom. The Morgan fingerprint density at radius 3 is 2.24 bits per heavy atom. The average Bonchev–Trinajstić information content (AvgIpc) is 2.68. The summed E-state index contributed by atoms with van der Waals surface area (Å²) in [6.07, 6.45) is 3.62. The fraction of sp³-hybridized carbons (Fsp3) is 0.300. The zero-order valence-electron chi connectivity index (χ0n) is 14.3. The number of rotatable bonds is 4. The number of piperidine rings is 1. The molecule has 1 aliphatic rings. The minimum Gasteiger partial charge on any atom is -0.465 e. The highest BCUT2D eigenvalue weighted by Gasteiger charge is 2.16. The van der Waals surface area contributed by atoms with Crippen molar-refractivity contribution in [2.45, 2.75) is 19.3 Å². The molecule has 0 aromatic heterocycles. The second kappa shape index (κ2) is 7.83. The van der Waals surface area contributed by atoms with Crippen molar-refractivity contribution in [3.05, 3.63) is 59.7 Å². The van der Waals surface area contributed by atoms with Gasteiger partial charge in [-0.05, 0) is 55.7 Å². The van der Waals surface area contributed by atoms with Gasteiger partial charge in [0.1, 0.15) is 0 Å². The number of ether oxygens (including phenoxy) is 1. The number of nitrogens with zero attached hydrogens (tertiary/aromatic N) is 1. The normalized spacial score (nSPS) is 14.0. The molecule has 2 aromatic rings. The summed E-state index contributed by atoms with van der Waals surface area (Å²) < 4.78 is 4.67. The number of nitrogens with one attached hydrogen (secondary N) is 1. The summed E-state index contributed by atoms with van der Waals surface area (Å²) in [6.45, 7) is 2.03. The largest absolute Gasteiger partial charge is 0.465 e. The number of amides is 1. The molecule has 0 saturated carbocycles. The van der Waals surface area contributed by atoms with Crippen molar-refractivity contribution in [1.82, 2.24) is 0 Å². The maximum absolute atomic E-state index is 12.6. The number of anilines is 2. The minimum absolute atomic E-state index is 0.194. The van der Waals surface area contributed by atoms with E-state index in [1.165, 1.54) is 26.4 Å². The van der Waals surface area contributed by atoms with Crippen molar-refractivity contribution in [3.8, 4) is 0 Å². The van der Waals surface area contributed by atoms with Crippen LogP contribution in [0, 0.1) is 0 Å². The average molecular weight is 338 g/mol. The standard InChI is InChI=1S/C20H22N2O3/c1-25-20(24)16-11-9-15(10-12-16)19(23)21-17-7-3-4-8-18(17)22-13-5-2-6-14-22/h3-4,7-12H,2,5-6,13-14H2,1H3,(H,21,23). The Hall–Kier alpha value is -2.82. The van der Waals surface area contributed by atoms with Crippen LogP contribution in [-0.2, 0) is 4.74 Å². The van der Waals surface area contributed by atoms with E-state index in [0.717, 1.165) is 24.5 Å². The molecule has 2 aromatic carbocycles. The third-order valence-corrected chi connectivity index (χ3v) is 4.42. The fourth-order valence-electron chi connectivity index (χ4n) is 3.06. The summed E-state index contributed by atoms with van der Waals surface area (Å²) in [5.74, 6) is -0.608. The van der Waals surface area contributed by atoms with Crippen LogP contribution in [0.5, 0.6) is 0 Å². The molecule has 1 heterocycles. The summed E-state index contributed by atoms with van der Waals surface area (Å²) >= 11 is 0. The molecule has 0 unspecified atom stereocenters. The van der Waals surface area contributed by atoms with E-state index in [0.29, 0.717) is 11.1 Å². The zero-order chi connectivity index (χ0) is 17.6. The van der Waals surface area contributed by atoms with Crippen molar-refractivity contribution in [3.63, 3.8) is 0 Å². The predicted molar refractivity (Wildman–Crippen MR) is 98.2 cm³/mol. The van der Waals surface area contributed by atoms with Crippen LogP contribution < -0.4 is 10.2 Å². The van der Waals surface area contributed by atoms with E-state index in [1.54, 1.807) is 24.3 Å². The molecule has 5 nitrogen and oxygen atoms in total. The van der Waals surface area contributed by atoms with Gasteiger partial charge >= 0.3 is 5.97 Å². The number of hydrogen-bond acceptors (Lipinski definition) is 4. The lowest BCUT2D eigenvalue weighted by atomic mass is 10.1. The highest BCUT2D eigenvalue weighted by molar-refractivity contribution is 6.06. The quantitative estimate of drug-likeness (QED) is 0.863. The first-order chi connectivity index (χ1) is 12.2. The summed E-state index contributed by atoms with van der Waals surface area (Å²) in [5.41, 5.74) is 2.79. The Morgan fingerprint density at radius 2 is 1.56 bits per heavy atom. The van der Waals surface area contributed by atoms with Gasteiger partial charge in [0.05, 0.1) is 24.0 Å². The third kappa shape index (κ3) is 3.99. The molecule has 1 aliphatic heterocycles. The van der Waals surface area contributed by atoms with Gasteiger partial charge in [0, 0.05) is 18.7 Å². The van der Waals surface area contributed by atoms with E-state index in [2.05, 4.69) is 15.0 Å². The second-order valence-electron chi connectivity index (χ2n) is 6.09. The molecule has 3 rings (SSSR count). The molecule has 0 spiro atoms. The minimum atomic E-state index is -0.414. The third-order valence-electron chi connectivity index (χ3n) is 4.42. The van der Waals surface area contributed by atoms with E-state index in [1.807, 2.05) is 24.3 Å². The van der Waals surface area contributed by atoms with Crippen LogP contribution in [0.2, 0.25) is 0 Å². The first kappa shape index (κ1) is 17.0. The first-order valence-corrected chi connectivity index (χ1v) is 8.53. The van der Waals surface area contributed by atoms with Crippen LogP contribution in [0.3, 0.4) is 0 Å². The van der Waals surface area contributed by atoms with Gasteiger partial charge in [-0.1, -0.05) is 12.1 Å². The monoisotopic (exact) mass is 338 g/mol. The maximum atomic E-state index is 12.6. The molecular weight excluding hydrogens is 316 g/mol. The van der Waals surface area contributed by atoms with Gasteiger partial charge < -0.3 is 15.0 Å². The molecule has 1 saturated heterocycles. The van der Waals surface area contributed by atoms with Gasteiger partial charge in [0.2, 0.25) is 0 Å². The SMILES string of the molecule is COC(=O)c1ccc(C(=O)Nc2ccccc2N2CCCCC2)cc1. The van der Waals surface area contributed by atoms with Crippen LogP contribution in [0.1, 0.15) is 40.0 Å². The van der Waals surface area contributed by atoms with Gasteiger partial charge in [-0.2, -0.15) is 0 Å². The fourth-order valence-corrected chi connectivity index (χ4v) is 3.06. The summed E-state index contributed by atoms with van der Waals surface area (Å²) in [6, 6.07) is 14.3. The molecule has 0 atom stereocenters. The van der Waals surface area contributed by atoms with Crippen LogP contribution in [0.25, 0.3) is 0 Å². The van der Waals surface area contributed by atoms with Gasteiger partial charge in [0.15, 0.2) is 0 Å². The van der Waals surface area contributed by atoms with E-state index in [9.17, 15) is 9.59 Å². The van der Waals surface area contributed by atoms with E-state index >= 15 is 0 Å². The number of esters is 1. The van der Waals surface area contributed by atoms with Crippen molar-refractivity contribution in [2.75, 3.05) is 30.4 Å². The first-order valence-electron chi connectivity index (χ1n) is 8.53. The lowest BCUT2D eigenvalue weighted by molar-refractivity contribution is 0.0600. The van der Waals surface area contributed by atoms with Crippen LogP contribution in [0.4, 0.5) is 11.4 Å². The number of para-hydroxylation sites is 2. The Kier molecular flexibility index (Phi) is 5.33. The lowest BCUT2D eigenvalue weighted by Crippen LogP contribution is -2.30. The van der Waals surface area contributed by atoms with Crippen molar-refractivity contribution in [2.24, 2.45) is 0 Å². The molecule has 0 bridgehead atoms. The van der Waals surface area contributed by atoms with Gasteiger partial charge in [-0.3, -0.25) is 4.79 Å². The van der Waals surface area contributed by atoms with E-state index < -0.39 is 5.97 Å². The van der Waals surface area contributed by atoms with Gasteiger partial charge in [-0.15, -0.1) is 0 Å². The Labute approximate surface area is 147 Å². The molecule has 1 fully saturated rings. The van der Waals surface area contributed by atoms with Crippen LogP contribution >= 0.6 is 0 Å². The van der Waals surface area contributed by atoms with Gasteiger partial charge in [-0.25, -0.2) is 4.79 Å². The molecule has 0 aliphatic carbocycles. The summed E-state index contributed by atoms with van der Waals surface area (Å²) in [4.78, 5) is 26.3. The molecule has 0 radical (unpaired) electrons. The van der Waals surface area contributed by atoms with Crippen molar-refractivity contribution < 1.29 is 14.3 Å². The highest BCUT2D eigenvalue weighted by atomic mass is 16.5. The highest BCUT2D eigenvalue weighted by Crippen LogP contribution is 2.28. The lowest BCUT2D eigenvalue weighted by Gasteiger charge is -2.30. The van der Waals surface area contributed by atoms with Gasteiger partial charge in [0.25, 0.3) is 5.91 Å². The van der Waals surface area contributed by atoms with E-state index in [4.69, 9.17) is 0 Å². The molecule has 5 heteroatoms. The Bertz CT molecular complexity index is 750. The Balaban J connectivity index is 1.76. The number of methoxy groups -OCH3 is 1. The molecular formula is C20H22N2O3. The van der Waals surface area contributed by atoms with Crippen LogP contribution in [-0.4, -0.2) is 32.1 Å². The summed E-state index contributed by atoms with van der Waals surface area (Å²) in [5, 5.41) is 2.99.